The summed E-state index contributed by atoms with van der Waals surface area (Å²) in [7, 11) is 0. The van der Waals surface area contributed by atoms with Gasteiger partial charge in [-0.25, -0.2) is 9.97 Å². The van der Waals surface area contributed by atoms with E-state index in [0.29, 0.717) is 12.1 Å². The highest BCUT2D eigenvalue weighted by Crippen LogP contribution is 2.22. The van der Waals surface area contributed by atoms with E-state index in [1.165, 1.54) is 5.56 Å². The third-order valence-corrected chi connectivity index (χ3v) is 4.17. The van der Waals surface area contributed by atoms with Gasteiger partial charge in [0.15, 0.2) is 0 Å². The minimum Gasteiger partial charge on any atom is -0.307 e. The molecule has 0 amide bonds. The predicted octanol–water partition coefficient (Wildman–Crippen LogP) is 2.40. The number of hydrogen-bond donors (Lipinski definition) is 1. The summed E-state index contributed by atoms with van der Waals surface area (Å²) in [6.07, 6.45) is 4.78. The van der Waals surface area contributed by atoms with Crippen LogP contribution in [0.4, 0.5) is 0 Å². The molecule has 2 heterocycles. The Morgan fingerprint density at radius 2 is 1.90 bits per heavy atom. The molecule has 0 aliphatic carbocycles. The Morgan fingerprint density at radius 1 is 1.14 bits per heavy atom. The molecule has 0 bridgehead atoms. The summed E-state index contributed by atoms with van der Waals surface area (Å²) in [6, 6.07) is 13.5. The summed E-state index contributed by atoms with van der Waals surface area (Å²) < 4.78 is 0. The largest absolute Gasteiger partial charge is 0.307 e. The highest BCUT2D eigenvalue weighted by molar-refractivity contribution is 5.20. The normalized spacial score (nSPS) is 23.1. The van der Waals surface area contributed by atoms with E-state index in [-0.39, 0.29) is 0 Å². The van der Waals surface area contributed by atoms with E-state index in [9.17, 15) is 0 Å². The molecule has 1 saturated heterocycles. The summed E-state index contributed by atoms with van der Waals surface area (Å²) in [4.78, 5) is 11.2. The van der Waals surface area contributed by atoms with Gasteiger partial charge in [0, 0.05) is 37.6 Å². The Morgan fingerprint density at radius 3 is 2.62 bits per heavy atom. The second kappa shape index (κ2) is 6.78. The Kier molecular flexibility index (Phi) is 4.58. The van der Waals surface area contributed by atoms with Gasteiger partial charge in [0.05, 0.1) is 6.54 Å². The zero-order chi connectivity index (χ0) is 14.5. The summed E-state index contributed by atoms with van der Waals surface area (Å²) in [5.74, 6) is 0.907. The Hall–Kier alpha value is -1.78. The van der Waals surface area contributed by atoms with Crippen molar-refractivity contribution in [3.63, 3.8) is 0 Å². The zero-order valence-electron chi connectivity index (χ0n) is 12.4. The standard InChI is InChI=1S/C17H22N4/c1-2-15-11-20-16(14-7-4-3-5-8-14)12-21(15)13-17-18-9-6-10-19-17/h3-10,15-16,20H,2,11-13H2,1H3. The predicted molar refractivity (Wildman–Crippen MR) is 83.7 cm³/mol. The molecule has 4 nitrogen and oxygen atoms in total. The SMILES string of the molecule is CCC1CNC(c2ccccc2)CN1Cc1ncccn1. The molecule has 0 radical (unpaired) electrons. The fourth-order valence-electron chi connectivity index (χ4n) is 2.95. The average Bonchev–Trinajstić information content (AvgIpc) is 2.56. The Bertz CT molecular complexity index is 543. The van der Waals surface area contributed by atoms with Crippen molar-refractivity contribution in [2.75, 3.05) is 13.1 Å². The van der Waals surface area contributed by atoms with E-state index in [0.717, 1.165) is 31.9 Å². The lowest BCUT2D eigenvalue weighted by Crippen LogP contribution is -2.52. The molecular formula is C17H22N4. The van der Waals surface area contributed by atoms with Crippen LogP contribution in [0.1, 0.15) is 30.8 Å². The highest BCUT2D eigenvalue weighted by Gasteiger charge is 2.27. The molecular weight excluding hydrogens is 260 g/mol. The lowest BCUT2D eigenvalue weighted by Gasteiger charge is -2.40. The monoisotopic (exact) mass is 282 g/mol. The number of rotatable bonds is 4. The van der Waals surface area contributed by atoms with Crippen LogP contribution in [0.3, 0.4) is 0 Å². The Labute approximate surface area is 126 Å². The van der Waals surface area contributed by atoms with Crippen LogP contribution in [0.5, 0.6) is 0 Å². The fraction of sp³-hybridized carbons (Fsp3) is 0.412. The molecule has 1 aliphatic rings. The lowest BCUT2D eigenvalue weighted by molar-refractivity contribution is 0.116. The summed E-state index contributed by atoms with van der Waals surface area (Å²) in [5.41, 5.74) is 1.35. The van der Waals surface area contributed by atoms with Crippen LogP contribution in [-0.2, 0) is 6.54 Å². The molecule has 4 heteroatoms. The minimum absolute atomic E-state index is 0.387. The smallest absolute Gasteiger partial charge is 0.142 e. The van der Waals surface area contributed by atoms with E-state index in [2.05, 4.69) is 57.4 Å². The topological polar surface area (TPSA) is 41.0 Å². The van der Waals surface area contributed by atoms with Crippen molar-refractivity contribution in [1.29, 1.82) is 0 Å². The minimum atomic E-state index is 0.387. The summed E-state index contributed by atoms with van der Waals surface area (Å²) in [5, 5.41) is 3.67. The van der Waals surface area contributed by atoms with Crippen molar-refractivity contribution in [1.82, 2.24) is 20.2 Å². The van der Waals surface area contributed by atoms with Gasteiger partial charge in [-0.15, -0.1) is 0 Å². The van der Waals surface area contributed by atoms with Gasteiger partial charge in [-0.05, 0) is 18.1 Å². The molecule has 1 fully saturated rings. The van der Waals surface area contributed by atoms with Crippen molar-refractivity contribution >= 4 is 0 Å². The second-order valence-electron chi connectivity index (χ2n) is 5.53. The maximum Gasteiger partial charge on any atom is 0.142 e. The van der Waals surface area contributed by atoms with Gasteiger partial charge in [-0.2, -0.15) is 0 Å². The van der Waals surface area contributed by atoms with Crippen molar-refractivity contribution in [2.45, 2.75) is 32.0 Å². The number of hydrogen-bond acceptors (Lipinski definition) is 4. The molecule has 1 aromatic heterocycles. The Balaban J connectivity index is 1.73. The third-order valence-electron chi connectivity index (χ3n) is 4.17. The van der Waals surface area contributed by atoms with Crippen LogP contribution in [0.15, 0.2) is 48.8 Å². The third kappa shape index (κ3) is 3.46. The molecule has 1 aromatic carbocycles. The molecule has 110 valence electrons. The second-order valence-corrected chi connectivity index (χ2v) is 5.53. The van der Waals surface area contributed by atoms with Crippen LogP contribution in [-0.4, -0.2) is 34.0 Å². The maximum absolute atomic E-state index is 4.37. The number of nitrogens with one attached hydrogen (secondary N) is 1. The van der Waals surface area contributed by atoms with Crippen molar-refractivity contribution in [3.8, 4) is 0 Å². The highest BCUT2D eigenvalue weighted by atomic mass is 15.2. The van der Waals surface area contributed by atoms with Crippen LogP contribution in [0.2, 0.25) is 0 Å². The first-order chi connectivity index (χ1) is 10.4. The first-order valence-electron chi connectivity index (χ1n) is 7.65. The van der Waals surface area contributed by atoms with Crippen molar-refractivity contribution in [2.24, 2.45) is 0 Å². The van der Waals surface area contributed by atoms with Gasteiger partial charge in [-0.3, -0.25) is 4.90 Å². The van der Waals surface area contributed by atoms with Gasteiger partial charge in [0.2, 0.25) is 0 Å². The van der Waals surface area contributed by atoms with E-state index in [4.69, 9.17) is 0 Å². The van der Waals surface area contributed by atoms with Crippen LogP contribution < -0.4 is 5.32 Å². The van der Waals surface area contributed by atoms with Crippen molar-refractivity contribution in [3.05, 3.63) is 60.2 Å². The van der Waals surface area contributed by atoms with E-state index < -0.39 is 0 Å². The van der Waals surface area contributed by atoms with E-state index in [1.54, 1.807) is 0 Å². The van der Waals surface area contributed by atoms with Gasteiger partial charge in [-0.1, -0.05) is 37.3 Å². The van der Waals surface area contributed by atoms with Gasteiger partial charge in [0.25, 0.3) is 0 Å². The number of piperazine rings is 1. The first kappa shape index (κ1) is 14.2. The average molecular weight is 282 g/mol. The van der Waals surface area contributed by atoms with E-state index in [1.807, 2.05) is 18.5 Å². The lowest BCUT2D eigenvalue weighted by atomic mass is 10.0. The molecule has 2 aromatic rings. The number of aromatic nitrogens is 2. The van der Waals surface area contributed by atoms with Gasteiger partial charge in [0.1, 0.15) is 5.82 Å². The quantitative estimate of drug-likeness (QED) is 0.935. The number of benzene rings is 1. The van der Waals surface area contributed by atoms with E-state index >= 15 is 0 Å². The number of nitrogens with zero attached hydrogens (tertiary/aromatic N) is 3. The molecule has 1 N–H and O–H groups in total. The van der Waals surface area contributed by atoms with Crippen molar-refractivity contribution < 1.29 is 0 Å². The van der Waals surface area contributed by atoms with Gasteiger partial charge < -0.3 is 5.32 Å². The molecule has 0 spiro atoms. The zero-order valence-corrected chi connectivity index (χ0v) is 12.4. The maximum atomic E-state index is 4.37. The van der Waals surface area contributed by atoms with Crippen LogP contribution in [0.25, 0.3) is 0 Å². The molecule has 21 heavy (non-hydrogen) atoms. The van der Waals surface area contributed by atoms with Crippen LogP contribution >= 0.6 is 0 Å². The molecule has 2 atom stereocenters. The fourth-order valence-corrected chi connectivity index (χ4v) is 2.95. The van der Waals surface area contributed by atoms with Gasteiger partial charge >= 0.3 is 0 Å². The van der Waals surface area contributed by atoms with Crippen LogP contribution in [0, 0.1) is 0 Å². The first-order valence-corrected chi connectivity index (χ1v) is 7.65. The summed E-state index contributed by atoms with van der Waals surface area (Å²) in [6.45, 7) is 5.09. The molecule has 3 rings (SSSR count). The molecule has 2 unspecified atom stereocenters. The molecule has 0 saturated carbocycles. The molecule has 1 aliphatic heterocycles. The summed E-state index contributed by atoms with van der Waals surface area (Å²) >= 11 is 0.